The summed E-state index contributed by atoms with van der Waals surface area (Å²) in [7, 11) is 3.85. The number of nitrogens with zero attached hydrogens (tertiary/aromatic N) is 6. The number of methoxy groups -OCH3 is 1. The quantitative estimate of drug-likeness (QED) is 0.366. The Labute approximate surface area is 249 Å². The van der Waals surface area contributed by atoms with Crippen LogP contribution in [-0.4, -0.2) is 85.8 Å². The first-order valence-corrected chi connectivity index (χ1v) is 14.8. The molecule has 4 heterocycles. The minimum absolute atomic E-state index is 0.247. The lowest BCUT2D eigenvalue weighted by molar-refractivity contribution is 0.0982. The summed E-state index contributed by atoms with van der Waals surface area (Å²) in [5, 5.41) is 4.31. The molecule has 3 aromatic rings. The second-order valence-electron chi connectivity index (χ2n) is 11.1. The Kier molecular flexibility index (Phi) is 8.62. The normalized spacial score (nSPS) is 20.7. The van der Waals surface area contributed by atoms with Crippen LogP contribution in [0.3, 0.4) is 0 Å². The van der Waals surface area contributed by atoms with Gasteiger partial charge in [-0.3, -0.25) is 9.74 Å². The molecule has 3 fully saturated rings. The van der Waals surface area contributed by atoms with Crippen molar-refractivity contribution in [3.63, 3.8) is 0 Å². The average Bonchev–Trinajstić information content (AvgIpc) is 3.51. The van der Waals surface area contributed by atoms with E-state index in [2.05, 4.69) is 49.2 Å². The van der Waals surface area contributed by atoms with E-state index in [1.54, 1.807) is 13.2 Å². The molecule has 12 heteroatoms. The molecule has 1 N–H and O–H groups in total. The molecular weight excluding hydrogens is 564 g/mol. The molecule has 9 nitrogen and oxygen atoms in total. The van der Waals surface area contributed by atoms with E-state index in [0.717, 1.165) is 69.6 Å². The first-order chi connectivity index (χ1) is 20.4. The molecule has 1 atom stereocenters. The largest absolute Gasteiger partial charge is 0.494 e. The number of piperidine rings is 1. The van der Waals surface area contributed by atoms with Gasteiger partial charge in [-0.1, -0.05) is 17.7 Å². The minimum Gasteiger partial charge on any atom is -0.494 e. The smallest absolute Gasteiger partial charge is 0.158 e. The highest BCUT2D eigenvalue weighted by Crippen LogP contribution is 2.39. The number of nitrogens with one attached hydrogen (secondary N) is 1. The summed E-state index contributed by atoms with van der Waals surface area (Å²) in [6.45, 7) is 6.98. The molecule has 3 saturated heterocycles. The maximum absolute atomic E-state index is 14.8. The van der Waals surface area contributed by atoms with Crippen molar-refractivity contribution in [2.24, 2.45) is 0 Å². The van der Waals surface area contributed by atoms with Gasteiger partial charge in [-0.05, 0) is 38.1 Å². The molecule has 6 rings (SSSR count). The number of anilines is 4. The number of benzene rings is 2. The van der Waals surface area contributed by atoms with Crippen molar-refractivity contribution in [2.45, 2.75) is 31.3 Å². The van der Waals surface area contributed by atoms with Crippen LogP contribution in [0.1, 0.15) is 30.9 Å². The van der Waals surface area contributed by atoms with Gasteiger partial charge in [-0.2, -0.15) is 0 Å². The fourth-order valence-electron chi connectivity index (χ4n) is 6.11. The van der Waals surface area contributed by atoms with Crippen LogP contribution in [0.5, 0.6) is 5.75 Å². The highest BCUT2D eigenvalue weighted by Gasteiger charge is 2.33. The molecule has 0 amide bonds. The number of hydrogen-bond acceptors (Lipinski definition) is 9. The molecule has 0 spiro atoms. The van der Waals surface area contributed by atoms with Gasteiger partial charge in [0.15, 0.2) is 5.82 Å². The van der Waals surface area contributed by atoms with E-state index in [0.29, 0.717) is 36.5 Å². The summed E-state index contributed by atoms with van der Waals surface area (Å²) in [6, 6.07) is 10.6. The van der Waals surface area contributed by atoms with Crippen LogP contribution in [0.15, 0.2) is 42.7 Å². The molecule has 3 aliphatic rings. The number of ether oxygens (including phenoxy) is 1. The van der Waals surface area contributed by atoms with E-state index in [1.165, 1.54) is 17.5 Å². The number of piperazine rings is 1. The molecule has 42 heavy (non-hydrogen) atoms. The van der Waals surface area contributed by atoms with E-state index < -0.39 is 22.7 Å². The first kappa shape index (κ1) is 28.9. The lowest BCUT2D eigenvalue weighted by atomic mass is 10.0. The molecule has 224 valence electrons. The van der Waals surface area contributed by atoms with Crippen molar-refractivity contribution < 1.29 is 18.4 Å². The van der Waals surface area contributed by atoms with Crippen molar-refractivity contribution in [3.8, 4) is 5.75 Å². The fraction of sp³-hybridized carbons (Fsp3) is 0.467. The zero-order valence-electron chi connectivity index (χ0n) is 23.9. The van der Waals surface area contributed by atoms with Crippen LogP contribution in [0.2, 0.25) is 5.02 Å². The monoisotopic (exact) mass is 599 g/mol. The molecule has 0 saturated carbocycles. The number of hydroxylamine groups is 1. The second kappa shape index (κ2) is 12.5. The maximum Gasteiger partial charge on any atom is 0.158 e. The third-order valence-electron chi connectivity index (χ3n) is 8.54. The van der Waals surface area contributed by atoms with E-state index in [-0.39, 0.29) is 5.56 Å². The minimum atomic E-state index is -0.799. The van der Waals surface area contributed by atoms with Crippen molar-refractivity contribution in [3.05, 3.63) is 64.9 Å². The Bertz CT molecular complexity index is 1400. The van der Waals surface area contributed by atoms with Crippen LogP contribution in [0, 0.1) is 11.6 Å². The molecule has 3 aliphatic heterocycles. The average molecular weight is 600 g/mol. The van der Waals surface area contributed by atoms with Gasteiger partial charge in [-0.25, -0.2) is 23.8 Å². The van der Waals surface area contributed by atoms with Crippen molar-refractivity contribution in [2.75, 3.05) is 75.3 Å². The maximum atomic E-state index is 14.8. The Hall–Kier alpha value is -3.25. The Balaban J connectivity index is 1.13. The van der Waals surface area contributed by atoms with E-state index in [9.17, 15) is 8.78 Å². The summed E-state index contributed by atoms with van der Waals surface area (Å²) < 4.78 is 34.3. The first-order valence-electron chi connectivity index (χ1n) is 14.4. The highest BCUT2D eigenvalue weighted by atomic mass is 35.5. The lowest BCUT2D eigenvalue weighted by Gasteiger charge is -2.42. The van der Waals surface area contributed by atoms with Crippen molar-refractivity contribution >= 4 is 34.6 Å². The van der Waals surface area contributed by atoms with Crippen LogP contribution >= 0.6 is 11.6 Å². The van der Waals surface area contributed by atoms with Crippen molar-refractivity contribution in [1.29, 1.82) is 0 Å². The summed E-state index contributed by atoms with van der Waals surface area (Å²) in [5.74, 6) is 0.0664. The highest BCUT2D eigenvalue weighted by molar-refractivity contribution is 6.31. The van der Waals surface area contributed by atoms with Gasteiger partial charge in [-0.15, -0.1) is 0 Å². The fourth-order valence-corrected chi connectivity index (χ4v) is 6.28. The number of rotatable bonds is 7. The van der Waals surface area contributed by atoms with E-state index >= 15 is 0 Å². The predicted molar refractivity (Wildman–Crippen MR) is 160 cm³/mol. The summed E-state index contributed by atoms with van der Waals surface area (Å²) in [4.78, 5) is 22.0. The molecule has 0 aliphatic carbocycles. The lowest BCUT2D eigenvalue weighted by Crippen LogP contribution is -2.52. The predicted octanol–water partition coefficient (Wildman–Crippen LogP) is 5.26. The van der Waals surface area contributed by atoms with Gasteiger partial charge >= 0.3 is 0 Å². The standard InChI is InChI=1S/C30H36ClF2N7O2/c1-37-12-14-39(15-13-37)20-7-10-38(11-8-20)21-3-6-24(26(17-21)41-2)36-27-18-28(35-19-34-27)40-25(9-16-42-40)22-4-5-23(32)29(31)30(22)33/h3-6,17-20,25H,7-16H2,1-2H3,(H,34,35,36). The number of halogens is 3. The van der Waals surface area contributed by atoms with E-state index in [4.69, 9.17) is 21.2 Å². The molecule has 0 radical (unpaired) electrons. The van der Waals surface area contributed by atoms with Gasteiger partial charge in [0.25, 0.3) is 0 Å². The van der Waals surface area contributed by atoms with Crippen LogP contribution < -0.4 is 20.0 Å². The second-order valence-corrected chi connectivity index (χ2v) is 11.4. The molecule has 1 unspecified atom stereocenters. The Morgan fingerprint density at radius 2 is 1.76 bits per heavy atom. The van der Waals surface area contributed by atoms with E-state index in [1.807, 2.05) is 6.07 Å². The Morgan fingerprint density at radius 3 is 2.52 bits per heavy atom. The molecule has 0 bridgehead atoms. The number of likely N-dealkylation sites (N-methyl/N-ethyl adjacent to an activating group) is 1. The molecule has 1 aromatic heterocycles. The van der Waals surface area contributed by atoms with Gasteiger partial charge in [0.1, 0.15) is 34.6 Å². The molecular formula is C30H36ClF2N7O2. The number of hydrogen-bond donors (Lipinski definition) is 1. The summed E-state index contributed by atoms with van der Waals surface area (Å²) in [5.41, 5.74) is 2.14. The topological polar surface area (TPSA) is 69.2 Å². The van der Waals surface area contributed by atoms with Gasteiger partial charge in [0.2, 0.25) is 0 Å². The third kappa shape index (κ3) is 5.96. The number of aromatic nitrogens is 2. The van der Waals surface area contributed by atoms with Crippen LogP contribution in [-0.2, 0) is 4.84 Å². The third-order valence-corrected chi connectivity index (χ3v) is 8.89. The van der Waals surface area contributed by atoms with Gasteiger partial charge < -0.3 is 19.9 Å². The zero-order chi connectivity index (χ0) is 29.2. The summed E-state index contributed by atoms with van der Waals surface area (Å²) >= 11 is 5.84. The van der Waals surface area contributed by atoms with Crippen LogP contribution in [0.4, 0.5) is 31.8 Å². The molecule has 2 aromatic carbocycles. The van der Waals surface area contributed by atoms with Gasteiger partial charge in [0.05, 0.1) is 25.4 Å². The Morgan fingerprint density at radius 1 is 0.976 bits per heavy atom. The zero-order valence-corrected chi connectivity index (χ0v) is 24.7. The van der Waals surface area contributed by atoms with Crippen molar-refractivity contribution in [1.82, 2.24) is 19.8 Å². The van der Waals surface area contributed by atoms with Gasteiger partial charge in [0, 0.05) is 75.1 Å². The van der Waals surface area contributed by atoms with Crippen LogP contribution in [0.25, 0.3) is 0 Å². The summed E-state index contributed by atoms with van der Waals surface area (Å²) in [6.07, 6.45) is 4.22. The SMILES string of the molecule is COc1cc(N2CCC(N3CCN(C)CC3)CC2)ccc1Nc1cc(N2OCCC2c2ccc(F)c(Cl)c2F)ncn1.